The van der Waals surface area contributed by atoms with Gasteiger partial charge in [0.1, 0.15) is 11.3 Å². The lowest BCUT2D eigenvalue weighted by molar-refractivity contribution is 0.110. The summed E-state index contributed by atoms with van der Waals surface area (Å²) >= 11 is 6.15. The highest BCUT2D eigenvalue weighted by Gasteiger charge is 2.18. The molecule has 6 heteroatoms. The zero-order valence-corrected chi connectivity index (χ0v) is 13.8. The third-order valence-corrected chi connectivity index (χ3v) is 4.51. The van der Waals surface area contributed by atoms with Crippen LogP contribution in [0.15, 0.2) is 21.3 Å². The molecular formula is C17H20ClNO4. The Kier molecular flexibility index (Phi) is 4.90. The van der Waals surface area contributed by atoms with Gasteiger partial charge in [-0.25, -0.2) is 4.79 Å². The molecule has 2 heterocycles. The zero-order chi connectivity index (χ0) is 16.4. The number of phenols is 1. The van der Waals surface area contributed by atoms with Crippen LogP contribution in [0.1, 0.15) is 30.9 Å². The predicted octanol–water partition coefficient (Wildman–Crippen LogP) is 2.98. The first-order valence-corrected chi connectivity index (χ1v) is 8.27. The molecule has 0 radical (unpaired) electrons. The fourth-order valence-corrected chi connectivity index (χ4v) is 3.22. The molecule has 1 aliphatic rings. The highest BCUT2D eigenvalue weighted by atomic mass is 35.5. The van der Waals surface area contributed by atoms with Crippen molar-refractivity contribution in [2.75, 3.05) is 13.2 Å². The Bertz CT molecular complexity index is 765. The molecular weight excluding hydrogens is 318 g/mol. The fraction of sp³-hybridized carbons (Fsp3) is 0.471. The maximum atomic E-state index is 11.8. The third-order valence-electron chi connectivity index (χ3n) is 4.22. The quantitative estimate of drug-likeness (QED) is 0.821. The van der Waals surface area contributed by atoms with Gasteiger partial charge < -0.3 is 19.6 Å². The molecule has 0 spiro atoms. The summed E-state index contributed by atoms with van der Waals surface area (Å²) in [5.41, 5.74) is 1.35. The van der Waals surface area contributed by atoms with Gasteiger partial charge in [0, 0.05) is 31.1 Å². The molecule has 0 saturated carbocycles. The topological polar surface area (TPSA) is 71.7 Å². The van der Waals surface area contributed by atoms with Crippen molar-refractivity contribution in [3.63, 3.8) is 0 Å². The molecule has 2 aromatic rings. The smallest absolute Gasteiger partial charge is 0.336 e. The van der Waals surface area contributed by atoms with Gasteiger partial charge in [0.2, 0.25) is 0 Å². The standard InChI is InChI=1S/C17H20ClNO4/c1-2-10-6-15(20)23-17-12(10)7-14(18)16(21)13(17)9-19-8-11-4-3-5-22-11/h6-7,11,19,21H,2-5,8-9H2,1H3/t11-/m1/s1. The molecule has 1 aliphatic heterocycles. The van der Waals surface area contributed by atoms with Gasteiger partial charge in [-0.1, -0.05) is 18.5 Å². The van der Waals surface area contributed by atoms with Crippen LogP contribution in [0.2, 0.25) is 5.02 Å². The van der Waals surface area contributed by atoms with Gasteiger partial charge in [-0.2, -0.15) is 0 Å². The van der Waals surface area contributed by atoms with E-state index in [2.05, 4.69) is 5.32 Å². The number of rotatable bonds is 5. The minimum Gasteiger partial charge on any atom is -0.506 e. The van der Waals surface area contributed by atoms with Crippen LogP contribution < -0.4 is 10.9 Å². The molecule has 3 rings (SSSR count). The second-order valence-electron chi connectivity index (χ2n) is 5.77. The Morgan fingerprint density at radius 2 is 2.26 bits per heavy atom. The number of aryl methyl sites for hydroxylation is 1. The average molecular weight is 338 g/mol. The van der Waals surface area contributed by atoms with E-state index in [1.807, 2.05) is 6.92 Å². The summed E-state index contributed by atoms with van der Waals surface area (Å²) in [6, 6.07) is 3.12. The van der Waals surface area contributed by atoms with Crippen LogP contribution in [0.4, 0.5) is 0 Å². The number of nitrogens with one attached hydrogen (secondary N) is 1. The van der Waals surface area contributed by atoms with Crippen molar-refractivity contribution >= 4 is 22.6 Å². The molecule has 1 saturated heterocycles. The highest BCUT2D eigenvalue weighted by Crippen LogP contribution is 2.35. The predicted molar refractivity (Wildman–Crippen MR) is 89.2 cm³/mol. The van der Waals surface area contributed by atoms with Gasteiger partial charge in [0.15, 0.2) is 0 Å². The molecule has 0 bridgehead atoms. The highest BCUT2D eigenvalue weighted by molar-refractivity contribution is 6.33. The van der Waals surface area contributed by atoms with Crippen molar-refractivity contribution in [2.24, 2.45) is 0 Å². The molecule has 23 heavy (non-hydrogen) atoms. The third kappa shape index (κ3) is 3.37. The lowest BCUT2D eigenvalue weighted by Crippen LogP contribution is -2.26. The Labute approximate surface area is 139 Å². The van der Waals surface area contributed by atoms with Crippen LogP contribution in [0.5, 0.6) is 5.75 Å². The number of phenolic OH excluding ortho intramolecular Hbond substituents is 1. The van der Waals surface area contributed by atoms with Crippen LogP contribution in [0.25, 0.3) is 11.0 Å². The van der Waals surface area contributed by atoms with Crippen LogP contribution in [0.3, 0.4) is 0 Å². The normalized spacial score (nSPS) is 17.9. The van der Waals surface area contributed by atoms with Crippen LogP contribution in [-0.4, -0.2) is 24.4 Å². The minimum atomic E-state index is -0.420. The zero-order valence-electron chi connectivity index (χ0n) is 13.0. The Hall–Kier alpha value is -1.56. The van der Waals surface area contributed by atoms with E-state index in [1.165, 1.54) is 6.07 Å². The van der Waals surface area contributed by atoms with Gasteiger partial charge in [-0.3, -0.25) is 0 Å². The molecule has 2 N–H and O–H groups in total. The maximum Gasteiger partial charge on any atom is 0.336 e. The monoisotopic (exact) mass is 337 g/mol. The Morgan fingerprint density at radius 1 is 1.43 bits per heavy atom. The number of ether oxygens (including phenoxy) is 1. The van der Waals surface area contributed by atoms with Crippen molar-refractivity contribution in [1.82, 2.24) is 5.32 Å². The SMILES string of the molecule is CCc1cc(=O)oc2c(CNC[C@H]3CCCO3)c(O)c(Cl)cc12. The number of fused-ring (bicyclic) bond motifs is 1. The summed E-state index contributed by atoms with van der Waals surface area (Å²) in [4.78, 5) is 11.8. The number of benzene rings is 1. The summed E-state index contributed by atoms with van der Waals surface area (Å²) in [6.07, 6.45) is 2.99. The molecule has 0 aliphatic carbocycles. The maximum absolute atomic E-state index is 11.8. The summed E-state index contributed by atoms with van der Waals surface area (Å²) in [6.45, 7) is 3.81. The number of hydrogen-bond donors (Lipinski definition) is 2. The molecule has 5 nitrogen and oxygen atoms in total. The first-order chi connectivity index (χ1) is 11.1. The van der Waals surface area contributed by atoms with Crippen molar-refractivity contribution in [2.45, 2.75) is 38.8 Å². The van der Waals surface area contributed by atoms with Gasteiger partial charge in [0.05, 0.1) is 16.7 Å². The molecule has 1 aromatic heterocycles. The van der Waals surface area contributed by atoms with E-state index >= 15 is 0 Å². The van der Waals surface area contributed by atoms with Gasteiger partial charge in [-0.15, -0.1) is 0 Å². The number of hydrogen-bond acceptors (Lipinski definition) is 5. The van der Waals surface area contributed by atoms with E-state index in [4.69, 9.17) is 20.8 Å². The molecule has 1 atom stereocenters. The summed E-state index contributed by atoms with van der Waals surface area (Å²) in [7, 11) is 0. The molecule has 124 valence electrons. The van der Waals surface area contributed by atoms with Crippen molar-refractivity contribution in [3.05, 3.63) is 38.7 Å². The first kappa shape index (κ1) is 16.3. The summed E-state index contributed by atoms with van der Waals surface area (Å²) in [5.74, 6) is -0.0459. The molecule has 1 aromatic carbocycles. The van der Waals surface area contributed by atoms with E-state index in [-0.39, 0.29) is 16.9 Å². The van der Waals surface area contributed by atoms with E-state index in [9.17, 15) is 9.90 Å². The largest absolute Gasteiger partial charge is 0.506 e. The Balaban J connectivity index is 1.95. The van der Waals surface area contributed by atoms with Crippen molar-refractivity contribution in [3.8, 4) is 5.75 Å². The second-order valence-corrected chi connectivity index (χ2v) is 6.18. The van der Waals surface area contributed by atoms with E-state index in [0.717, 1.165) is 30.4 Å². The fourth-order valence-electron chi connectivity index (χ4n) is 3.00. The number of aromatic hydroxyl groups is 1. The summed E-state index contributed by atoms with van der Waals surface area (Å²) in [5, 5.41) is 14.6. The van der Waals surface area contributed by atoms with Crippen molar-refractivity contribution < 1.29 is 14.3 Å². The summed E-state index contributed by atoms with van der Waals surface area (Å²) < 4.78 is 10.9. The molecule has 1 fully saturated rings. The lowest BCUT2D eigenvalue weighted by Gasteiger charge is -2.14. The minimum absolute atomic E-state index is 0.0459. The lowest BCUT2D eigenvalue weighted by atomic mass is 10.0. The van der Waals surface area contributed by atoms with E-state index in [0.29, 0.717) is 30.7 Å². The van der Waals surface area contributed by atoms with Gasteiger partial charge >= 0.3 is 5.63 Å². The van der Waals surface area contributed by atoms with Crippen LogP contribution in [0, 0.1) is 0 Å². The van der Waals surface area contributed by atoms with E-state index < -0.39 is 5.63 Å². The van der Waals surface area contributed by atoms with Crippen LogP contribution >= 0.6 is 11.6 Å². The van der Waals surface area contributed by atoms with Crippen LogP contribution in [-0.2, 0) is 17.7 Å². The van der Waals surface area contributed by atoms with Gasteiger partial charge in [0.25, 0.3) is 0 Å². The Morgan fingerprint density at radius 3 is 2.96 bits per heavy atom. The van der Waals surface area contributed by atoms with Gasteiger partial charge in [-0.05, 0) is 30.9 Å². The second kappa shape index (κ2) is 6.91. The molecule has 0 unspecified atom stereocenters. The first-order valence-electron chi connectivity index (χ1n) is 7.89. The average Bonchev–Trinajstić information content (AvgIpc) is 3.04. The van der Waals surface area contributed by atoms with Crippen molar-refractivity contribution in [1.29, 1.82) is 0 Å². The van der Waals surface area contributed by atoms with E-state index in [1.54, 1.807) is 6.07 Å². The number of halogens is 1. The molecule has 0 amide bonds.